The van der Waals surface area contributed by atoms with Crippen LogP contribution in [0.5, 0.6) is 11.5 Å². The van der Waals surface area contributed by atoms with Crippen LogP contribution in [0.3, 0.4) is 0 Å². The molecule has 9 nitrogen and oxygen atoms in total. The number of hydrogen-bond acceptors (Lipinski definition) is 5. The van der Waals surface area contributed by atoms with Crippen LogP contribution in [-0.2, 0) is 16.1 Å². The number of amides is 4. The van der Waals surface area contributed by atoms with E-state index in [2.05, 4.69) is 5.32 Å². The van der Waals surface area contributed by atoms with Crippen LogP contribution in [0.1, 0.15) is 69.8 Å². The number of nitrogens with one attached hydrogen (secondary N) is 1. The van der Waals surface area contributed by atoms with Crippen LogP contribution in [0.25, 0.3) is 10.9 Å². The molecule has 1 atom stereocenters. The number of benzene rings is 2. The highest BCUT2D eigenvalue weighted by Crippen LogP contribution is 2.53. The zero-order valence-electron chi connectivity index (χ0n) is 29.5. The molecule has 0 saturated heterocycles. The van der Waals surface area contributed by atoms with Crippen molar-refractivity contribution in [3.63, 3.8) is 0 Å². The summed E-state index contributed by atoms with van der Waals surface area (Å²) in [5, 5.41) is 4.44. The van der Waals surface area contributed by atoms with Crippen molar-refractivity contribution in [2.24, 2.45) is 35.5 Å². The molecule has 0 aliphatic heterocycles. The van der Waals surface area contributed by atoms with Gasteiger partial charge in [0.1, 0.15) is 23.1 Å². The summed E-state index contributed by atoms with van der Waals surface area (Å²) >= 11 is 0. The van der Waals surface area contributed by atoms with Crippen molar-refractivity contribution < 1.29 is 23.9 Å². The summed E-state index contributed by atoms with van der Waals surface area (Å²) in [5.41, 5.74) is 2.40. The zero-order chi connectivity index (χ0) is 34.2. The Morgan fingerprint density at radius 2 is 1.53 bits per heavy atom. The lowest BCUT2D eigenvalue weighted by atomic mass is 9.54. The fraction of sp³-hybridized carbons (Fsp3) is 0.575. The molecule has 1 N–H and O–H groups in total. The molecular weight excluding hydrogens is 616 g/mol. The lowest BCUT2D eigenvalue weighted by Crippen LogP contribution is -2.58. The molecule has 1 heterocycles. The molecule has 5 fully saturated rings. The van der Waals surface area contributed by atoms with E-state index in [0.29, 0.717) is 35.6 Å². The summed E-state index contributed by atoms with van der Waals surface area (Å²) in [7, 11) is 4.69. The summed E-state index contributed by atoms with van der Waals surface area (Å²) < 4.78 is 13.6. The van der Waals surface area contributed by atoms with Crippen molar-refractivity contribution in [1.29, 1.82) is 0 Å². The van der Waals surface area contributed by atoms with E-state index in [1.165, 1.54) is 19.9 Å². The molecular formula is C40H52N4O5. The molecule has 5 aliphatic rings. The van der Waals surface area contributed by atoms with Gasteiger partial charge in [0, 0.05) is 37.9 Å². The molecule has 5 aliphatic carbocycles. The largest absolute Gasteiger partial charge is 0.494 e. The summed E-state index contributed by atoms with van der Waals surface area (Å²) in [6, 6.07) is 13.4. The van der Waals surface area contributed by atoms with Gasteiger partial charge < -0.3 is 19.4 Å². The second kappa shape index (κ2) is 14.1. The molecule has 2 aromatic carbocycles. The van der Waals surface area contributed by atoms with Crippen molar-refractivity contribution in [2.45, 2.75) is 83.7 Å². The van der Waals surface area contributed by atoms with Crippen LogP contribution in [-0.4, -0.2) is 61.2 Å². The topological polar surface area (TPSA) is 93.1 Å². The lowest BCUT2D eigenvalue weighted by Gasteiger charge is -2.54. The first-order valence-electron chi connectivity index (χ1n) is 18.4. The van der Waals surface area contributed by atoms with Crippen molar-refractivity contribution in [3.05, 3.63) is 54.2 Å². The monoisotopic (exact) mass is 668 g/mol. The van der Waals surface area contributed by atoms with Crippen LogP contribution in [0, 0.1) is 42.4 Å². The van der Waals surface area contributed by atoms with Gasteiger partial charge in [-0.05, 0) is 117 Å². The van der Waals surface area contributed by atoms with E-state index in [4.69, 9.17) is 9.47 Å². The number of imide groups is 1. The molecule has 0 radical (unpaired) electrons. The Kier molecular flexibility index (Phi) is 9.62. The Morgan fingerprint density at radius 1 is 0.898 bits per heavy atom. The third kappa shape index (κ3) is 6.65. The Hall–Kier alpha value is -4.01. The van der Waals surface area contributed by atoms with E-state index < -0.39 is 17.9 Å². The van der Waals surface area contributed by atoms with Crippen LogP contribution in [0.4, 0.5) is 10.5 Å². The first-order valence-corrected chi connectivity index (χ1v) is 18.4. The first-order chi connectivity index (χ1) is 23.7. The third-order valence-electron chi connectivity index (χ3n) is 12.1. The van der Waals surface area contributed by atoms with Crippen molar-refractivity contribution >= 4 is 34.4 Å². The van der Waals surface area contributed by atoms with Crippen LogP contribution in [0.15, 0.2) is 48.7 Å². The van der Waals surface area contributed by atoms with E-state index >= 15 is 0 Å². The molecule has 4 amide bonds. The summed E-state index contributed by atoms with van der Waals surface area (Å²) in [6.07, 6.45) is 13.3. The van der Waals surface area contributed by atoms with E-state index in [9.17, 15) is 14.4 Å². The maximum atomic E-state index is 14.7. The molecule has 4 bridgehead atoms. The molecule has 49 heavy (non-hydrogen) atoms. The van der Waals surface area contributed by atoms with Gasteiger partial charge in [0.2, 0.25) is 11.8 Å². The number of fused-ring (bicyclic) bond motifs is 1. The first kappa shape index (κ1) is 33.5. The summed E-state index contributed by atoms with van der Waals surface area (Å²) in [4.78, 5) is 46.6. The second-order valence-electron chi connectivity index (χ2n) is 15.4. The summed E-state index contributed by atoms with van der Waals surface area (Å²) in [5.74, 6) is 1.90. The minimum atomic E-state index is -1.08. The number of carbonyl (C=O) groups excluding carboxylic acids is 3. The SMILES string of the molecule is COc1cc(C)cc(OC)c1N(CC1CCCCC1)C(=O)N(C)C(=O)C(Cn1ccc2ccccc21)C(=O)NC1C2CC3CC(C2)CC1C3. The fourth-order valence-corrected chi connectivity index (χ4v) is 9.89. The van der Waals surface area contributed by atoms with Crippen molar-refractivity contribution in [2.75, 3.05) is 32.7 Å². The number of carbonyl (C=O) groups is 3. The predicted octanol–water partition coefficient (Wildman–Crippen LogP) is 7.19. The van der Waals surface area contributed by atoms with Gasteiger partial charge in [0.15, 0.2) is 0 Å². The highest BCUT2D eigenvalue weighted by atomic mass is 16.5. The lowest BCUT2D eigenvalue weighted by molar-refractivity contribution is -0.141. The number of aryl methyl sites for hydroxylation is 1. The number of hydrogen-bond donors (Lipinski definition) is 1. The quantitative estimate of drug-likeness (QED) is 0.231. The van der Waals surface area contributed by atoms with E-state index in [1.54, 1.807) is 19.1 Å². The van der Waals surface area contributed by atoms with E-state index in [-0.39, 0.29) is 24.4 Å². The molecule has 262 valence electrons. The highest BCUT2D eigenvalue weighted by molar-refractivity contribution is 6.10. The van der Waals surface area contributed by atoms with Gasteiger partial charge in [0.25, 0.3) is 0 Å². The second-order valence-corrected chi connectivity index (χ2v) is 15.4. The Labute approximate surface area is 290 Å². The number of rotatable bonds is 10. The maximum absolute atomic E-state index is 14.7. The number of ether oxygens (including phenoxy) is 2. The molecule has 9 heteroatoms. The van der Waals surface area contributed by atoms with Crippen LogP contribution in [0.2, 0.25) is 0 Å². The van der Waals surface area contributed by atoms with Crippen molar-refractivity contribution in [1.82, 2.24) is 14.8 Å². The van der Waals surface area contributed by atoms with Crippen LogP contribution < -0.4 is 19.7 Å². The zero-order valence-corrected chi connectivity index (χ0v) is 29.5. The fourth-order valence-electron chi connectivity index (χ4n) is 9.89. The van der Waals surface area contributed by atoms with Gasteiger partial charge in [-0.2, -0.15) is 0 Å². The highest BCUT2D eigenvalue weighted by Gasteiger charge is 2.49. The number of nitrogens with zero attached hydrogens (tertiary/aromatic N) is 3. The van der Waals surface area contributed by atoms with Gasteiger partial charge >= 0.3 is 6.03 Å². The van der Waals surface area contributed by atoms with E-state index in [0.717, 1.165) is 84.6 Å². The van der Waals surface area contributed by atoms with Gasteiger partial charge in [-0.1, -0.05) is 37.5 Å². The summed E-state index contributed by atoms with van der Waals surface area (Å²) in [6.45, 7) is 2.53. The Bertz CT molecular complexity index is 1640. The predicted molar refractivity (Wildman–Crippen MR) is 191 cm³/mol. The number of anilines is 1. The number of aromatic nitrogens is 1. The minimum absolute atomic E-state index is 0.0851. The Morgan fingerprint density at radius 3 is 2.16 bits per heavy atom. The standard InChI is InChI=1S/C40H52N4O5/c1-25-16-34(48-3)37(35(17-25)49-4)44(23-26-10-6-5-7-11-26)40(47)42(2)39(46)32(24-43-15-14-29-12-8-9-13-33(29)43)38(45)41-36-30-19-27-18-28(21-30)22-31(36)20-27/h8-9,12-17,26-28,30-32,36H,5-7,10-11,18-24H2,1-4H3,(H,41,45). The minimum Gasteiger partial charge on any atom is -0.494 e. The van der Waals surface area contributed by atoms with Gasteiger partial charge in [-0.15, -0.1) is 0 Å². The van der Waals surface area contributed by atoms with Gasteiger partial charge in [0.05, 0.1) is 14.2 Å². The normalized spacial score (nSPS) is 25.2. The van der Waals surface area contributed by atoms with Gasteiger partial charge in [-0.25, -0.2) is 4.79 Å². The molecule has 3 aromatic rings. The van der Waals surface area contributed by atoms with Crippen molar-refractivity contribution in [3.8, 4) is 11.5 Å². The molecule has 0 spiro atoms. The smallest absolute Gasteiger partial charge is 0.331 e. The molecule has 1 unspecified atom stereocenters. The van der Waals surface area contributed by atoms with E-state index in [1.807, 2.05) is 60.2 Å². The molecule has 5 saturated carbocycles. The average molecular weight is 669 g/mol. The third-order valence-corrected chi connectivity index (χ3v) is 12.1. The molecule has 1 aromatic heterocycles. The Balaban J connectivity index is 1.20. The number of urea groups is 1. The van der Waals surface area contributed by atoms with Crippen LogP contribution >= 0.6 is 0 Å². The molecule has 8 rings (SSSR count). The number of methoxy groups -OCH3 is 2. The number of para-hydroxylation sites is 1. The average Bonchev–Trinajstić information content (AvgIpc) is 3.52. The maximum Gasteiger partial charge on any atom is 0.331 e. The van der Waals surface area contributed by atoms with Gasteiger partial charge in [-0.3, -0.25) is 19.4 Å².